The third-order valence-electron chi connectivity index (χ3n) is 3.44. The zero-order valence-corrected chi connectivity index (χ0v) is 10.8. The number of amides is 1. The van der Waals surface area contributed by atoms with Crippen molar-refractivity contribution in [3.8, 4) is 0 Å². The number of nitrogens with one attached hydrogen (secondary N) is 1. The van der Waals surface area contributed by atoms with Gasteiger partial charge in [-0.25, -0.2) is 0 Å². The van der Waals surface area contributed by atoms with Crippen molar-refractivity contribution in [3.05, 3.63) is 35.9 Å². The third-order valence-corrected chi connectivity index (χ3v) is 3.90. The number of carbonyl (C=O) groups is 1. The Morgan fingerprint density at radius 1 is 1.41 bits per heavy atom. The van der Waals surface area contributed by atoms with Gasteiger partial charge in [0.25, 0.3) is 0 Å². The van der Waals surface area contributed by atoms with Gasteiger partial charge in [-0.05, 0) is 24.8 Å². The summed E-state index contributed by atoms with van der Waals surface area (Å²) in [5, 5.41) is 3.00. The molecule has 17 heavy (non-hydrogen) atoms. The van der Waals surface area contributed by atoms with E-state index in [4.69, 9.17) is 11.6 Å². The first-order valence-electron chi connectivity index (χ1n) is 6.17. The molecule has 1 unspecified atom stereocenters. The van der Waals surface area contributed by atoms with Crippen LogP contribution in [-0.2, 0) is 10.2 Å². The number of hydrogen-bond acceptors (Lipinski definition) is 1. The van der Waals surface area contributed by atoms with Gasteiger partial charge in [-0.2, -0.15) is 0 Å². The molecule has 0 bridgehead atoms. The van der Waals surface area contributed by atoms with Crippen LogP contribution in [-0.4, -0.2) is 17.8 Å². The summed E-state index contributed by atoms with van der Waals surface area (Å²) in [4.78, 5) is 12.2. The summed E-state index contributed by atoms with van der Waals surface area (Å²) < 4.78 is 0. The summed E-state index contributed by atoms with van der Waals surface area (Å²) in [5.74, 6) is 0.128. The molecule has 1 fully saturated rings. The Kier molecular flexibility index (Phi) is 3.72. The minimum absolute atomic E-state index is 0.0329. The van der Waals surface area contributed by atoms with Crippen LogP contribution >= 0.6 is 11.6 Å². The van der Waals surface area contributed by atoms with Crippen LogP contribution in [0.1, 0.15) is 31.7 Å². The Hall–Kier alpha value is -1.02. The summed E-state index contributed by atoms with van der Waals surface area (Å²) in [6.07, 6.45) is 2.77. The molecule has 1 aromatic rings. The van der Waals surface area contributed by atoms with Crippen LogP contribution in [0.25, 0.3) is 0 Å². The summed E-state index contributed by atoms with van der Waals surface area (Å²) in [6.45, 7) is 2.58. The van der Waals surface area contributed by atoms with E-state index in [9.17, 15) is 4.79 Å². The standard InChI is InChI=1S/C14H18ClNO/c1-2-12(15)10-16-13(17)14(8-9-14)11-6-4-3-5-7-11/h3-7,12H,2,8-10H2,1H3,(H,16,17). The highest BCUT2D eigenvalue weighted by Gasteiger charge is 2.50. The van der Waals surface area contributed by atoms with E-state index >= 15 is 0 Å². The maximum absolute atomic E-state index is 12.2. The predicted octanol–water partition coefficient (Wildman–Crippen LogP) is 2.85. The normalized spacial score (nSPS) is 18.5. The lowest BCUT2D eigenvalue weighted by molar-refractivity contribution is -0.123. The second kappa shape index (κ2) is 5.09. The summed E-state index contributed by atoms with van der Waals surface area (Å²) in [6, 6.07) is 10.0. The molecule has 1 saturated carbocycles. The van der Waals surface area contributed by atoms with Crippen LogP contribution in [0.15, 0.2) is 30.3 Å². The van der Waals surface area contributed by atoms with Gasteiger partial charge >= 0.3 is 0 Å². The SMILES string of the molecule is CCC(Cl)CNC(=O)C1(c2ccccc2)CC1. The number of rotatable bonds is 5. The van der Waals surface area contributed by atoms with Crippen molar-refractivity contribution < 1.29 is 4.79 Å². The van der Waals surface area contributed by atoms with Gasteiger partial charge in [0.1, 0.15) is 0 Å². The van der Waals surface area contributed by atoms with Gasteiger partial charge in [-0.3, -0.25) is 4.79 Å². The zero-order chi connectivity index (χ0) is 12.3. The first kappa shape index (κ1) is 12.4. The lowest BCUT2D eigenvalue weighted by atomic mass is 9.95. The van der Waals surface area contributed by atoms with Gasteiger partial charge in [-0.1, -0.05) is 37.3 Å². The van der Waals surface area contributed by atoms with Gasteiger partial charge in [0.05, 0.1) is 10.8 Å². The molecule has 1 aliphatic carbocycles. The van der Waals surface area contributed by atoms with Crippen molar-refractivity contribution in [1.82, 2.24) is 5.32 Å². The molecule has 0 aliphatic heterocycles. The maximum Gasteiger partial charge on any atom is 0.230 e. The van der Waals surface area contributed by atoms with Gasteiger partial charge < -0.3 is 5.32 Å². The molecule has 1 atom stereocenters. The number of halogens is 1. The zero-order valence-electron chi connectivity index (χ0n) is 10.1. The van der Waals surface area contributed by atoms with E-state index in [0.717, 1.165) is 24.8 Å². The topological polar surface area (TPSA) is 29.1 Å². The second-order valence-corrected chi connectivity index (χ2v) is 5.28. The van der Waals surface area contributed by atoms with Crippen LogP contribution in [0.2, 0.25) is 0 Å². The van der Waals surface area contributed by atoms with Crippen molar-refractivity contribution in [2.75, 3.05) is 6.54 Å². The van der Waals surface area contributed by atoms with Crippen molar-refractivity contribution in [1.29, 1.82) is 0 Å². The third kappa shape index (κ3) is 2.63. The van der Waals surface area contributed by atoms with E-state index < -0.39 is 0 Å². The highest BCUT2D eigenvalue weighted by Crippen LogP contribution is 2.48. The Morgan fingerprint density at radius 2 is 2.06 bits per heavy atom. The Bertz CT molecular complexity index is 386. The van der Waals surface area contributed by atoms with E-state index in [1.54, 1.807) is 0 Å². The molecule has 92 valence electrons. The largest absolute Gasteiger partial charge is 0.354 e. The maximum atomic E-state index is 12.2. The van der Waals surface area contributed by atoms with Crippen molar-refractivity contribution >= 4 is 17.5 Å². The Labute approximate surface area is 107 Å². The fourth-order valence-electron chi connectivity index (χ4n) is 2.05. The van der Waals surface area contributed by atoms with Crippen LogP contribution in [0.4, 0.5) is 0 Å². The molecule has 0 radical (unpaired) electrons. The lowest BCUT2D eigenvalue weighted by Crippen LogP contribution is -2.37. The molecule has 1 amide bonds. The van der Waals surface area contributed by atoms with E-state index in [1.165, 1.54) is 0 Å². The number of alkyl halides is 1. The predicted molar refractivity (Wildman–Crippen MR) is 70.3 cm³/mol. The molecule has 1 aliphatic rings. The van der Waals surface area contributed by atoms with Crippen molar-refractivity contribution in [3.63, 3.8) is 0 Å². The monoisotopic (exact) mass is 251 g/mol. The highest BCUT2D eigenvalue weighted by molar-refractivity contribution is 6.20. The average Bonchev–Trinajstić information content (AvgIpc) is 3.18. The van der Waals surface area contributed by atoms with Crippen molar-refractivity contribution in [2.45, 2.75) is 37.0 Å². The highest BCUT2D eigenvalue weighted by atomic mass is 35.5. The molecular weight excluding hydrogens is 234 g/mol. The first-order valence-corrected chi connectivity index (χ1v) is 6.60. The van der Waals surface area contributed by atoms with Crippen LogP contribution < -0.4 is 5.32 Å². The average molecular weight is 252 g/mol. The fourth-order valence-corrected chi connectivity index (χ4v) is 2.12. The van der Waals surface area contributed by atoms with Crippen LogP contribution in [0, 0.1) is 0 Å². The molecule has 0 saturated heterocycles. The van der Waals surface area contributed by atoms with Crippen LogP contribution in [0.3, 0.4) is 0 Å². The van der Waals surface area contributed by atoms with Gasteiger partial charge in [0.15, 0.2) is 0 Å². The molecule has 0 aromatic heterocycles. The van der Waals surface area contributed by atoms with E-state index in [2.05, 4.69) is 5.32 Å². The fraction of sp³-hybridized carbons (Fsp3) is 0.500. The van der Waals surface area contributed by atoms with Gasteiger partial charge in [-0.15, -0.1) is 11.6 Å². The molecular formula is C14H18ClNO. The molecule has 0 heterocycles. The molecule has 2 nitrogen and oxygen atoms in total. The summed E-state index contributed by atoms with van der Waals surface area (Å²) in [5.41, 5.74) is 0.853. The lowest BCUT2D eigenvalue weighted by Gasteiger charge is -2.16. The smallest absolute Gasteiger partial charge is 0.230 e. The van der Waals surface area contributed by atoms with Gasteiger partial charge in [0, 0.05) is 6.54 Å². The minimum Gasteiger partial charge on any atom is -0.354 e. The first-order chi connectivity index (χ1) is 8.19. The summed E-state index contributed by atoms with van der Waals surface area (Å²) >= 11 is 6.01. The molecule has 1 aromatic carbocycles. The molecule has 3 heteroatoms. The molecule has 0 spiro atoms. The van der Waals surface area contributed by atoms with E-state index in [1.807, 2.05) is 37.3 Å². The van der Waals surface area contributed by atoms with E-state index in [-0.39, 0.29) is 16.7 Å². The number of benzene rings is 1. The summed E-state index contributed by atoms with van der Waals surface area (Å²) in [7, 11) is 0. The quantitative estimate of drug-likeness (QED) is 0.801. The van der Waals surface area contributed by atoms with Crippen molar-refractivity contribution in [2.24, 2.45) is 0 Å². The van der Waals surface area contributed by atoms with E-state index in [0.29, 0.717) is 6.54 Å². The minimum atomic E-state index is -0.272. The van der Waals surface area contributed by atoms with Gasteiger partial charge in [0.2, 0.25) is 5.91 Å². The Balaban J connectivity index is 2.00. The number of hydrogen-bond donors (Lipinski definition) is 1. The van der Waals surface area contributed by atoms with Crippen LogP contribution in [0.5, 0.6) is 0 Å². The molecule has 2 rings (SSSR count). The number of carbonyl (C=O) groups excluding carboxylic acids is 1. The Morgan fingerprint density at radius 3 is 2.59 bits per heavy atom. The second-order valence-electron chi connectivity index (χ2n) is 4.66. The molecule has 1 N–H and O–H groups in total.